The normalized spacial score (nSPS) is 16.0. The summed E-state index contributed by atoms with van der Waals surface area (Å²) in [6, 6.07) is 19.8. The zero-order valence-corrected chi connectivity index (χ0v) is 19.5. The van der Waals surface area contributed by atoms with E-state index in [0.717, 1.165) is 35.6 Å². The highest BCUT2D eigenvalue weighted by Crippen LogP contribution is 2.25. The Balaban J connectivity index is 1.38. The van der Waals surface area contributed by atoms with Gasteiger partial charge in [0.1, 0.15) is 5.82 Å². The minimum Gasteiger partial charge on any atom is -0.388 e. The number of aromatic nitrogens is 2. The zero-order valence-electron chi connectivity index (χ0n) is 19.5. The Morgan fingerprint density at radius 2 is 1.91 bits per heavy atom. The first kappa shape index (κ1) is 21.8. The molecule has 0 amide bonds. The smallest absolute Gasteiger partial charge is 0.255 e. The number of nitrogens with one attached hydrogen (secondary N) is 3. The number of anilines is 2. The summed E-state index contributed by atoms with van der Waals surface area (Å²) in [5, 5.41) is 10.1. The van der Waals surface area contributed by atoms with Crippen LogP contribution >= 0.6 is 0 Å². The van der Waals surface area contributed by atoms with Crippen molar-refractivity contribution in [1.82, 2.24) is 20.2 Å². The van der Waals surface area contributed by atoms with E-state index in [2.05, 4.69) is 44.9 Å². The Morgan fingerprint density at radius 3 is 2.74 bits per heavy atom. The molecule has 8 nitrogen and oxygen atoms in total. The van der Waals surface area contributed by atoms with Gasteiger partial charge in [-0.25, -0.2) is 9.98 Å². The van der Waals surface area contributed by atoms with E-state index in [4.69, 9.17) is 4.98 Å². The topological polar surface area (TPSA) is 86.6 Å². The van der Waals surface area contributed by atoms with Crippen molar-refractivity contribution in [1.29, 1.82) is 0 Å². The number of fused-ring (bicyclic) bond motifs is 1. The summed E-state index contributed by atoms with van der Waals surface area (Å²) < 4.78 is 1.75. The van der Waals surface area contributed by atoms with Crippen molar-refractivity contribution in [3.63, 3.8) is 0 Å². The molecule has 8 heteroatoms. The summed E-state index contributed by atoms with van der Waals surface area (Å²) >= 11 is 0. The number of aliphatic imine (C=N–C) groups is 1. The van der Waals surface area contributed by atoms with Gasteiger partial charge < -0.3 is 16.0 Å². The first-order chi connectivity index (χ1) is 16.6. The second-order valence-corrected chi connectivity index (χ2v) is 8.45. The van der Waals surface area contributed by atoms with E-state index in [9.17, 15) is 4.79 Å². The van der Waals surface area contributed by atoms with Crippen molar-refractivity contribution in [2.45, 2.75) is 25.9 Å². The quantitative estimate of drug-likeness (QED) is 0.547. The largest absolute Gasteiger partial charge is 0.388 e. The van der Waals surface area contributed by atoms with Crippen LogP contribution in [0.2, 0.25) is 0 Å². The van der Waals surface area contributed by atoms with E-state index in [-0.39, 0.29) is 11.6 Å². The maximum atomic E-state index is 12.9. The van der Waals surface area contributed by atoms with Crippen LogP contribution in [-0.2, 0) is 6.54 Å². The number of nitrogens with zero attached hydrogens (tertiary/aromatic N) is 4. The molecule has 0 bridgehead atoms. The van der Waals surface area contributed by atoms with Crippen LogP contribution in [0.1, 0.15) is 24.9 Å². The van der Waals surface area contributed by atoms with Crippen LogP contribution in [0, 0.1) is 0 Å². The molecule has 3 N–H and O–H groups in total. The SMILES string of the molecule is CNc1cccc(C(C)NC2=NCC=C(N3CCCn4c3nc(-c3ccccc3)cc4=O)N2)c1. The summed E-state index contributed by atoms with van der Waals surface area (Å²) in [7, 11) is 1.92. The Hall–Kier alpha value is -4.07. The van der Waals surface area contributed by atoms with Gasteiger partial charge in [0.15, 0.2) is 5.96 Å². The zero-order chi connectivity index (χ0) is 23.5. The third-order valence-electron chi connectivity index (χ3n) is 6.16. The van der Waals surface area contributed by atoms with Crippen molar-refractivity contribution in [3.05, 3.63) is 88.5 Å². The minimum absolute atomic E-state index is 0.0324. The second-order valence-electron chi connectivity index (χ2n) is 8.45. The first-order valence-corrected chi connectivity index (χ1v) is 11.6. The molecule has 1 aromatic heterocycles. The Morgan fingerprint density at radius 1 is 1.06 bits per heavy atom. The average molecular weight is 456 g/mol. The molecule has 0 radical (unpaired) electrons. The lowest BCUT2D eigenvalue weighted by Crippen LogP contribution is -2.48. The van der Waals surface area contributed by atoms with Gasteiger partial charge in [0, 0.05) is 37.5 Å². The summed E-state index contributed by atoms with van der Waals surface area (Å²) in [5.41, 5.74) is 3.82. The lowest BCUT2D eigenvalue weighted by molar-refractivity contribution is 0.546. The van der Waals surface area contributed by atoms with Crippen LogP contribution in [-0.4, -0.2) is 35.6 Å². The van der Waals surface area contributed by atoms with Crippen molar-refractivity contribution < 1.29 is 0 Å². The molecule has 2 aromatic carbocycles. The van der Waals surface area contributed by atoms with E-state index in [1.807, 2.05) is 55.6 Å². The predicted octanol–water partition coefficient (Wildman–Crippen LogP) is 3.31. The summed E-state index contributed by atoms with van der Waals surface area (Å²) in [4.78, 5) is 24.5. The van der Waals surface area contributed by atoms with Crippen molar-refractivity contribution >= 4 is 17.6 Å². The molecule has 0 saturated carbocycles. The van der Waals surface area contributed by atoms with Gasteiger partial charge >= 0.3 is 0 Å². The number of hydrogen-bond donors (Lipinski definition) is 3. The number of guanidine groups is 1. The maximum absolute atomic E-state index is 12.9. The number of hydrogen-bond acceptors (Lipinski definition) is 7. The van der Waals surface area contributed by atoms with Crippen LogP contribution in [0.3, 0.4) is 0 Å². The Labute approximate surface area is 199 Å². The van der Waals surface area contributed by atoms with Crippen LogP contribution in [0.4, 0.5) is 11.6 Å². The number of benzene rings is 2. The molecule has 1 atom stereocenters. The molecule has 2 aliphatic heterocycles. The van der Waals surface area contributed by atoms with Gasteiger partial charge in [-0.05, 0) is 37.1 Å². The molecule has 0 fully saturated rings. The minimum atomic E-state index is -0.0324. The molecule has 2 aliphatic rings. The van der Waals surface area contributed by atoms with Crippen molar-refractivity contribution in [3.8, 4) is 11.3 Å². The summed E-state index contributed by atoms with van der Waals surface area (Å²) in [6.07, 6.45) is 2.90. The van der Waals surface area contributed by atoms with Gasteiger partial charge in [-0.3, -0.25) is 14.3 Å². The molecule has 0 spiro atoms. The molecule has 3 aromatic rings. The van der Waals surface area contributed by atoms with E-state index in [0.29, 0.717) is 30.7 Å². The van der Waals surface area contributed by atoms with Crippen LogP contribution < -0.4 is 26.4 Å². The molecular formula is C26H29N7O. The van der Waals surface area contributed by atoms with E-state index < -0.39 is 0 Å². The Bertz CT molecular complexity index is 1300. The third kappa shape index (κ3) is 4.39. The van der Waals surface area contributed by atoms with Gasteiger partial charge in [-0.1, -0.05) is 42.5 Å². The fourth-order valence-corrected chi connectivity index (χ4v) is 4.33. The second kappa shape index (κ2) is 9.43. The highest BCUT2D eigenvalue weighted by Gasteiger charge is 2.25. The van der Waals surface area contributed by atoms with Crippen LogP contribution in [0.5, 0.6) is 0 Å². The average Bonchev–Trinajstić information content (AvgIpc) is 2.89. The first-order valence-electron chi connectivity index (χ1n) is 11.6. The van der Waals surface area contributed by atoms with E-state index in [1.54, 1.807) is 10.6 Å². The van der Waals surface area contributed by atoms with Crippen LogP contribution in [0.15, 0.2) is 82.3 Å². The molecule has 3 heterocycles. The maximum Gasteiger partial charge on any atom is 0.255 e. The molecule has 34 heavy (non-hydrogen) atoms. The lowest BCUT2D eigenvalue weighted by atomic mass is 10.1. The van der Waals surface area contributed by atoms with Gasteiger partial charge in [0.2, 0.25) is 5.95 Å². The van der Waals surface area contributed by atoms with Crippen molar-refractivity contribution in [2.24, 2.45) is 4.99 Å². The molecule has 5 rings (SSSR count). The van der Waals surface area contributed by atoms with Gasteiger partial charge in [0.05, 0.1) is 18.3 Å². The van der Waals surface area contributed by atoms with E-state index >= 15 is 0 Å². The number of rotatable bonds is 5. The van der Waals surface area contributed by atoms with Crippen LogP contribution in [0.25, 0.3) is 11.3 Å². The molecule has 1 unspecified atom stereocenters. The fraction of sp³-hybridized carbons (Fsp3) is 0.269. The third-order valence-corrected chi connectivity index (χ3v) is 6.16. The van der Waals surface area contributed by atoms with Gasteiger partial charge in [-0.2, -0.15) is 0 Å². The summed E-state index contributed by atoms with van der Waals surface area (Å²) in [6.45, 7) is 4.10. The lowest BCUT2D eigenvalue weighted by Gasteiger charge is -2.34. The predicted molar refractivity (Wildman–Crippen MR) is 137 cm³/mol. The van der Waals surface area contributed by atoms with Gasteiger partial charge in [-0.15, -0.1) is 0 Å². The van der Waals surface area contributed by atoms with Crippen molar-refractivity contribution in [2.75, 3.05) is 30.4 Å². The highest BCUT2D eigenvalue weighted by molar-refractivity contribution is 5.83. The highest BCUT2D eigenvalue weighted by atomic mass is 16.1. The fourth-order valence-electron chi connectivity index (χ4n) is 4.33. The standard InChI is InChI=1S/C26H29N7O/c1-18(20-10-6-11-21(16-20)27-2)29-25-28-13-12-23(31-25)32-14-7-15-33-24(34)17-22(30-26(32)33)19-8-4-3-5-9-19/h3-6,8-12,16-18,27H,7,13-15H2,1-2H3,(H2,28,29,31). The van der Waals surface area contributed by atoms with Gasteiger partial charge in [0.25, 0.3) is 5.56 Å². The molecule has 174 valence electrons. The monoisotopic (exact) mass is 455 g/mol. The van der Waals surface area contributed by atoms with E-state index in [1.165, 1.54) is 0 Å². The molecule has 0 aliphatic carbocycles. The summed E-state index contributed by atoms with van der Waals surface area (Å²) in [5.74, 6) is 2.25. The Kier molecular flexibility index (Phi) is 6.03. The molecular weight excluding hydrogens is 426 g/mol. The molecule has 0 saturated heterocycles.